The van der Waals surface area contributed by atoms with E-state index in [1.807, 2.05) is 6.07 Å². The molecule has 1 aliphatic rings. The molecule has 0 saturated heterocycles. The molecule has 0 bridgehead atoms. The maximum Gasteiger partial charge on any atom is 0.227 e. The summed E-state index contributed by atoms with van der Waals surface area (Å²) in [5.74, 6) is -0.221. The Labute approximate surface area is 151 Å². The third-order valence-electron chi connectivity index (χ3n) is 4.35. The van der Waals surface area contributed by atoms with Gasteiger partial charge in [-0.3, -0.25) is 9.59 Å². The molecular formula is C20H21FN2O3. The number of carbonyl (C=O) groups is 2. The van der Waals surface area contributed by atoms with E-state index in [1.165, 1.54) is 6.07 Å². The highest BCUT2D eigenvalue weighted by atomic mass is 19.1. The fraction of sp³-hybridized carbons (Fsp3) is 0.300. The average molecular weight is 356 g/mol. The van der Waals surface area contributed by atoms with Gasteiger partial charge in [-0.05, 0) is 36.2 Å². The molecule has 1 heterocycles. The zero-order chi connectivity index (χ0) is 18.5. The lowest BCUT2D eigenvalue weighted by Gasteiger charge is -2.25. The molecule has 2 aromatic rings. The molecule has 1 unspecified atom stereocenters. The Kier molecular flexibility index (Phi) is 5.51. The summed E-state index contributed by atoms with van der Waals surface area (Å²) in [4.78, 5) is 24.0. The molecule has 2 aromatic carbocycles. The first-order valence-corrected chi connectivity index (χ1v) is 8.63. The van der Waals surface area contributed by atoms with Crippen LogP contribution >= 0.6 is 0 Å². The summed E-state index contributed by atoms with van der Waals surface area (Å²) in [6, 6.07) is 11.8. The highest BCUT2D eigenvalue weighted by Crippen LogP contribution is 2.30. The van der Waals surface area contributed by atoms with Crippen LogP contribution in [-0.2, 0) is 22.6 Å². The smallest absolute Gasteiger partial charge is 0.227 e. The molecule has 3 rings (SSSR count). The molecule has 1 aliphatic heterocycles. The third-order valence-corrected chi connectivity index (χ3v) is 4.35. The van der Waals surface area contributed by atoms with Crippen LogP contribution in [0.2, 0.25) is 0 Å². The summed E-state index contributed by atoms with van der Waals surface area (Å²) in [5.41, 5.74) is 2.00. The zero-order valence-corrected chi connectivity index (χ0v) is 14.5. The first-order valence-electron chi connectivity index (χ1n) is 8.63. The first-order chi connectivity index (χ1) is 12.6. The highest BCUT2D eigenvalue weighted by molar-refractivity contribution is 5.90. The number of halogens is 1. The van der Waals surface area contributed by atoms with Crippen LogP contribution in [0, 0.1) is 11.7 Å². The van der Waals surface area contributed by atoms with Crippen LogP contribution in [0.25, 0.3) is 0 Å². The SMILES string of the molecule is CCC(=O)Nc1ccc2c(c1)CC(C(=O)NCc1ccccc1F)CO2. The van der Waals surface area contributed by atoms with Gasteiger partial charge in [-0.15, -0.1) is 0 Å². The number of fused-ring (bicyclic) bond motifs is 1. The normalized spacial score (nSPS) is 15.5. The molecular weight excluding hydrogens is 335 g/mol. The Morgan fingerprint density at radius 2 is 2.04 bits per heavy atom. The van der Waals surface area contributed by atoms with Gasteiger partial charge in [0, 0.05) is 24.2 Å². The lowest BCUT2D eigenvalue weighted by atomic mass is 9.95. The second kappa shape index (κ2) is 7.99. The Bertz CT molecular complexity index is 822. The quantitative estimate of drug-likeness (QED) is 0.865. The molecule has 0 spiro atoms. The number of ether oxygens (including phenoxy) is 1. The second-order valence-corrected chi connectivity index (χ2v) is 6.25. The summed E-state index contributed by atoms with van der Waals surface area (Å²) in [5, 5.41) is 5.57. The Morgan fingerprint density at radius 1 is 1.23 bits per heavy atom. The molecule has 0 fully saturated rings. The van der Waals surface area contributed by atoms with Crippen molar-refractivity contribution in [2.45, 2.75) is 26.3 Å². The van der Waals surface area contributed by atoms with Crippen molar-refractivity contribution in [2.24, 2.45) is 5.92 Å². The van der Waals surface area contributed by atoms with Gasteiger partial charge >= 0.3 is 0 Å². The van der Waals surface area contributed by atoms with Crippen molar-refractivity contribution in [2.75, 3.05) is 11.9 Å². The highest BCUT2D eigenvalue weighted by Gasteiger charge is 2.26. The minimum atomic E-state index is -0.355. The minimum absolute atomic E-state index is 0.0686. The van der Waals surface area contributed by atoms with E-state index >= 15 is 0 Å². The van der Waals surface area contributed by atoms with Crippen molar-refractivity contribution >= 4 is 17.5 Å². The van der Waals surface area contributed by atoms with Gasteiger partial charge in [0.05, 0.1) is 5.92 Å². The Hall–Kier alpha value is -2.89. The molecule has 26 heavy (non-hydrogen) atoms. The molecule has 0 saturated carbocycles. The number of amides is 2. The van der Waals surface area contributed by atoms with Crippen molar-refractivity contribution in [3.05, 3.63) is 59.4 Å². The van der Waals surface area contributed by atoms with Crippen LogP contribution in [0.4, 0.5) is 10.1 Å². The Balaban J connectivity index is 1.63. The number of anilines is 1. The van der Waals surface area contributed by atoms with Crippen LogP contribution in [0.5, 0.6) is 5.75 Å². The van der Waals surface area contributed by atoms with Crippen molar-refractivity contribution < 1.29 is 18.7 Å². The topological polar surface area (TPSA) is 67.4 Å². The Morgan fingerprint density at radius 3 is 2.81 bits per heavy atom. The monoisotopic (exact) mass is 356 g/mol. The number of benzene rings is 2. The number of hydrogen-bond acceptors (Lipinski definition) is 3. The number of hydrogen-bond donors (Lipinski definition) is 2. The third kappa shape index (κ3) is 4.20. The van der Waals surface area contributed by atoms with E-state index in [2.05, 4.69) is 10.6 Å². The molecule has 6 heteroatoms. The van der Waals surface area contributed by atoms with Crippen LogP contribution < -0.4 is 15.4 Å². The van der Waals surface area contributed by atoms with Gasteiger partial charge in [0.25, 0.3) is 0 Å². The number of nitrogens with one attached hydrogen (secondary N) is 2. The van der Waals surface area contributed by atoms with E-state index in [0.29, 0.717) is 24.1 Å². The summed E-state index contributed by atoms with van der Waals surface area (Å²) < 4.78 is 19.3. The molecule has 2 amide bonds. The van der Waals surface area contributed by atoms with Gasteiger partial charge < -0.3 is 15.4 Å². The van der Waals surface area contributed by atoms with E-state index in [4.69, 9.17) is 4.74 Å². The fourth-order valence-electron chi connectivity index (χ4n) is 2.86. The van der Waals surface area contributed by atoms with Crippen molar-refractivity contribution in [3.63, 3.8) is 0 Å². The summed E-state index contributed by atoms with van der Waals surface area (Å²) in [7, 11) is 0. The van der Waals surface area contributed by atoms with Crippen LogP contribution in [0.15, 0.2) is 42.5 Å². The van der Waals surface area contributed by atoms with Gasteiger partial charge in [-0.2, -0.15) is 0 Å². The predicted molar refractivity (Wildman–Crippen MR) is 96.3 cm³/mol. The molecule has 136 valence electrons. The van der Waals surface area contributed by atoms with Crippen molar-refractivity contribution in [3.8, 4) is 5.75 Å². The number of rotatable bonds is 5. The van der Waals surface area contributed by atoms with Gasteiger partial charge in [0.2, 0.25) is 11.8 Å². The summed E-state index contributed by atoms with van der Waals surface area (Å²) in [6.45, 7) is 2.20. The van der Waals surface area contributed by atoms with Crippen molar-refractivity contribution in [1.82, 2.24) is 5.32 Å². The lowest BCUT2D eigenvalue weighted by Crippen LogP contribution is -2.37. The van der Waals surface area contributed by atoms with Gasteiger partial charge in [0.1, 0.15) is 18.2 Å². The van der Waals surface area contributed by atoms with Gasteiger partial charge in [-0.25, -0.2) is 4.39 Å². The van der Waals surface area contributed by atoms with Crippen LogP contribution in [0.3, 0.4) is 0 Å². The van der Waals surface area contributed by atoms with Crippen molar-refractivity contribution in [1.29, 1.82) is 0 Å². The average Bonchev–Trinajstić information content (AvgIpc) is 2.66. The van der Waals surface area contributed by atoms with E-state index in [0.717, 1.165) is 11.3 Å². The zero-order valence-electron chi connectivity index (χ0n) is 14.5. The lowest BCUT2D eigenvalue weighted by molar-refractivity contribution is -0.126. The molecule has 0 radical (unpaired) electrons. The maximum atomic E-state index is 13.6. The second-order valence-electron chi connectivity index (χ2n) is 6.25. The maximum absolute atomic E-state index is 13.6. The van der Waals surface area contributed by atoms with Gasteiger partial charge in [-0.1, -0.05) is 25.1 Å². The molecule has 0 aliphatic carbocycles. The summed E-state index contributed by atoms with van der Waals surface area (Å²) in [6.07, 6.45) is 0.906. The van der Waals surface area contributed by atoms with Gasteiger partial charge in [0.15, 0.2) is 0 Å². The molecule has 1 atom stereocenters. The standard InChI is InChI=1S/C20H21FN2O3/c1-2-19(24)23-16-7-8-18-14(10-16)9-15(12-26-18)20(25)22-11-13-5-3-4-6-17(13)21/h3-8,10,15H,2,9,11-12H2,1H3,(H,22,25)(H,23,24). The predicted octanol–water partition coefficient (Wildman–Crippen LogP) is 3.04. The number of carbonyl (C=O) groups excluding carboxylic acids is 2. The summed E-state index contributed by atoms with van der Waals surface area (Å²) >= 11 is 0. The van der Waals surface area contributed by atoms with E-state index in [1.54, 1.807) is 37.3 Å². The largest absolute Gasteiger partial charge is 0.492 e. The fourth-order valence-corrected chi connectivity index (χ4v) is 2.86. The van der Waals surface area contributed by atoms with Crippen LogP contribution in [-0.4, -0.2) is 18.4 Å². The first kappa shape index (κ1) is 17.9. The molecule has 2 N–H and O–H groups in total. The van der Waals surface area contributed by atoms with E-state index in [9.17, 15) is 14.0 Å². The minimum Gasteiger partial charge on any atom is -0.492 e. The van der Waals surface area contributed by atoms with E-state index < -0.39 is 0 Å². The van der Waals surface area contributed by atoms with E-state index in [-0.39, 0.29) is 36.7 Å². The molecule has 5 nitrogen and oxygen atoms in total. The molecule has 0 aromatic heterocycles. The van der Waals surface area contributed by atoms with Crippen LogP contribution in [0.1, 0.15) is 24.5 Å².